The molecule has 2 atom stereocenters. The van der Waals surface area contributed by atoms with E-state index < -0.39 is 13.9 Å². The van der Waals surface area contributed by atoms with E-state index in [0.717, 1.165) is 32.1 Å². The topological polar surface area (TPSA) is 117 Å². The highest BCUT2D eigenvalue weighted by atomic mass is 31.2. The number of carbonyl (C=O) groups is 1. The summed E-state index contributed by atoms with van der Waals surface area (Å²) in [7, 11) is -4.27. The van der Waals surface area contributed by atoms with Crippen LogP contribution in [0.2, 0.25) is 0 Å². The molecule has 0 saturated heterocycles. The number of carbonyl (C=O) groups excluding carboxylic acids is 1. The lowest BCUT2D eigenvalue weighted by Crippen LogP contribution is -2.28. The van der Waals surface area contributed by atoms with Crippen LogP contribution < -0.4 is 5.73 Å². The molecule has 390 valence electrons. The van der Waals surface area contributed by atoms with E-state index in [4.69, 9.17) is 24.3 Å². The number of nitrogens with two attached hydrogens (primary N) is 1. The highest BCUT2D eigenvalue weighted by molar-refractivity contribution is 7.47. The van der Waals surface area contributed by atoms with Crippen molar-refractivity contribution >= 4 is 13.8 Å². The summed E-state index contributed by atoms with van der Waals surface area (Å²) in [4.78, 5) is 22.6. The normalized spacial score (nSPS) is 13.1. The standard InChI is InChI=1S/C56H114NO7P/c1-3-5-7-9-11-13-15-17-18-19-20-21-22-23-24-25-26-27-28-29-30-31-32-33-34-35-36-37-38-39-41-43-45-47-49-56(58)64-55(54-63-65(59,60)62-52-50-57)53-61-51-48-46-44-42-40-16-14-12-10-8-6-4-2/h55H,3-54,57H2,1-2H3,(H,59,60)/t55-/m1/s1. The first-order valence-corrected chi connectivity index (χ1v) is 30.5. The van der Waals surface area contributed by atoms with Crippen LogP contribution in [0.25, 0.3) is 0 Å². The molecule has 0 heterocycles. The molecule has 0 spiro atoms. The van der Waals surface area contributed by atoms with E-state index >= 15 is 0 Å². The molecule has 8 nitrogen and oxygen atoms in total. The molecule has 0 radical (unpaired) electrons. The van der Waals surface area contributed by atoms with Crippen LogP contribution in [0.15, 0.2) is 0 Å². The lowest BCUT2D eigenvalue weighted by Gasteiger charge is -2.20. The number of rotatable bonds is 57. The molecule has 0 aliphatic heterocycles. The van der Waals surface area contributed by atoms with Gasteiger partial charge < -0.3 is 20.1 Å². The number of hydrogen-bond acceptors (Lipinski definition) is 7. The summed E-state index contributed by atoms with van der Waals surface area (Å²) >= 11 is 0. The van der Waals surface area contributed by atoms with E-state index in [-0.39, 0.29) is 32.3 Å². The first-order valence-electron chi connectivity index (χ1n) is 29.0. The van der Waals surface area contributed by atoms with Gasteiger partial charge in [0.05, 0.1) is 19.8 Å². The number of phosphoric acid groups is 1. The predicted molar refractivity (Wildman–Crippen MR) is 280 cm³/mol. The number of ether oxygens (including phenoxy) is 2. The third kappa shape index (κ3) is 54.3. The minimum atomic E-state index is -4.27. The molecule has 0 amide bonds. The van der Waals surface area contributed by atoms with E-state index in [1.807, 2.05) is 0 Å². The number of unbranched alkanes of at least 4 members (excludes halogenated alkanes) is 44. The SMILES string of the molecule is CCCCCCCCCCCCCCCCCCCCCCCCCCCCCCCCCCCCC(=O)O[C@H](COCCCCCCCCCCCCCC)COP(=O)(O)OCCN. The van der Waals surface area contributed by atoms with Gasteiger partial charge >= 0.3 is 13.8 Å². The Morgan fingerprint density at radius 3 is 0.969 bits per heavy atom. The highest BCUT2D eigenvalue weighted by Crippen LogP contribution is 2.43. The molecule has 0 aliphatic carbocycles. The van der Waals surface area contributed by atoms with Crippen molar-refractivity contribution in [2.45, 2.75) is 322 Å². The summed E-state index contributed by atoms with van der Waals surface area (Å²) in [6.07, 6.45) is 61.8. The molecule has 1 unspecified atom stereocenters. The highest BCUT2D eigenvalue weighted by Gasteiger charge is 2.25. The Balaban J connectivity index is 3.66. The second-order valence-corrected chi connectivity index (χ2v) is 21.3. The molecular weight excluding hydrogens is 830 g/mol. The number of hydrogen-bond donors (Lipinski definition) is 2. The van der Waals surface area contributed by atoms with E-state index in [9.17, 15) is 14.3 Å². The number of phosphoric ester groups is 1. The van der Waals surface area contributed by atoms with Crippen molar-refractivity contribution in [2.24, 2.45) is 5.73 Å². The van der Waals surface area contributed by atoms with Crippen molar-refractivity contribution in [2.75, 3.05) is 33.0 Å². The van der Waals surface area contributed by atoms with E-state index in [0.29, 0.717) is 13.0 Å². The molecule has 0 aromatic rings. The van der Waals surface area contributed by atoms with Crippen LogP contribution in [-0.2, 0) is 27.9 Å². The fourth-order valence-corrected chi connectivity index (χ4v) is 9.77. The molecule has 65 heavy (non-hydrogen) atoms. The Labute approximate surface area is 405 Å². The first kappa shape index (κ1) is 64.5. The zero-order valence-corrected chi connectivity index (χ0v) is 44.7. The van der Waals surface area contributed by atoms with Crippen LogP contribution in [0, 0.1) is 0 Å². The van der Waals surface area contributed by atoms with Crippen LogP contribution >= 0.6 is 7.82 Å². The minimum Gasteiger partial charge on any atom is -0.457 e. The maximum Gasteiger partial charge on any atom is 0.472 e. The molecular formula is C56H114NO7P. The van der Waals surface area contributed by atoms with Crippen molar-refractivity contribution in [1.82, 2.24) is 0 Å². The Morgan fingerprint density at radius 2 is 0.677 bits per heavy atom. The van der Waals surface area contributed by atoms with Crippen LogP contribution in [0.3, 0.4) is 0 Å². The smallest absolute Gasteiger partial charge is 0.457 e. The van der Waals surface area contributed by atoms with Crippen LogP contribution in [-0.4, -0.2) is 49.9 Å². The van der Waals surface area contributed by atoms with Gasteiger partial charge in [-0.1, -0.05) is 296 Å². The van der Waals surface area contributed by atoms with Gasteiger partial charge in [0.25, 0.3) is 0 Å². The zero-order valence-electron chi connectivity index (χ0n) is 43.8. The maximum atomic E-state index is 12.7. The van der Waals surface area contributed by atoms with Gasteiger partial charge in [-0.2, -0.15) is 0 Å². The van der Waals surface area contributed by atoms with E-state index in [1.165, 1.54) is 263 Å². The summed E-state index contributed by atoms with van der Waals surface area (Å²) in [5.41, 5.74) is 5.39. The third-order valence-corrected chi connectivity index (χ3v) is 14.3. The van der Waals surface area contributed by atoms with E-state index in [1.54, 1.807) is 0 Å². The Kier molecular flexibility index (Phi) is 54.0. The van der Waals surface area contributed by atoms with Crippen molar-refractivity contribution in [3.05, 3.63) is 0 Å². The molecule has 0 aromatic carbocycles. The Bertz CT molecular complexity index is 971. The monoisotopic (exact) mass is 944 g/mol. The zero-order chi connectivity index (χ0) is 47.3. The quantitative estimate of drug-likeness (QED) is 0.0352. The fraction of sp³-hybridized carbons (Fsp3) is 0.982. The fourth-order valence-electron chi connectivity index (χ4n) is 9.00. The second-order valence-electron chi connectivity index (χ2n) is 19.9. The minimum absolute atomic E-state index is 0.0899. The van der Waals surface area contributed by atoms with E-state index in [2.05, 4.69) is 13.8 Å². The van der Waals surface area contributed by atoms with Crippen LogP contribution in [0.5, 0.6) is 0 Å². The van der Waals surface area contributed by atoms with Gasteiger partial charge in [-0.3, -0.25) is 13.8 Å². The lowest BCUT2D eigenvalue weighted by molar-refractivity contribution is -0.154. The summed E-state index contributed by atoms with van der Waals surface area (Å²) in [6, 6.07) is 0. The number of esters is 1. The van der Waals surface area contributed by atoms with Gasteiger partial charge in [-0.15, -0.1) is 0 Å². The molecule has 0 aliphatic rings. The molecule has 0 rings (SSSR count). The molecule has 0 saturated carbocycles. The second kappa shape index (κ2) is 54.4. The third-order valence-electron chi connectivity index (χ3n) is 13.3. The van der Waals surface area contributed by atoms with Gasteiger partial charge in [-0.05, 0) is 12.8 Å². The van der Waals surface area contributed by atoms with Gasteiger partial charge in [0.2, 0.25) is 0 Å². The molecule has 0 bridgehead atoms. The maximum absolute atomic E-state index is 12.7. The van der Waals surface area contributed by atoms with Crippen molar-refractivity contribution in [3.8, 4) is 0 Å². The summed E-state index contributed by atoms with van der Waals surface area (Å²) in [5, 5.41) is 0. The summed E-state index contributed by atoms with van der Waals surface area (Å²) in [5.74, 6) is -0.320. The lowest BCUT2D eigenvalue weighted by atomic mass is 10.0. The average Bonchev–Trinajstić information content (AvgIpc) is 3.30. The van der Waals surface area contributed by atoms with Crippen molar-refractivity contribution in [3.63, 3.8) is 0 Å². The molecule has 0 aromatic heterocycles. The molecule has 9 heteroatoms. The summed E-state index contributed by atoms with van der Waals surface area (Å²) < 4.78 is 33.6. The van der Waals surface area contributed by atoms with Gasteiger partial charge in [-0.25, -0.2) is 4.57 Å². The van der Waals surface area contributed by atoms with Gasteiger partial charge in [0, 0.05) is 19.6 Å². The average molecular weight is 945 g/mol. The van der Waals surface area contributed by atoms with Crippen molar-refractivity contribution < 1.29 is 32.8 Å². The largest absolute Gasteiger partial charge is 0.472 e. The van der Waals surface area contributed by atoms with Gasteiger partial charge in [0.1, 0.15) is 6.10 Å². The Hall–Kier alpha value is -0.500. The molecule has 3 N–H and O–H groups in total. The van der Waals surface area contributed by atoms with Gasteiger partial charge in [0.15, 0.2) is 0 Å². The molecule has 0 fully saturated rings. The Morgan fingerprint density at radius 1 is 0.400 bits per heavy atom. The van der Waals surface area contributed by atoms with Crippen LogP contribution in [0.1, 0.15) is 316 Å². The van der Waals surface area contributed by atoms with Crippen LogP contribution in [0.4, 0.5) is 0 Å². The predicted octanol–water partition coefficient (Wildman–Crippen LogP) is 18.4. The van der Waals surface area contributed by atoms with Crippen molar-refractivity contribution in [1.29, 1.82) is 0 Å². The first-order chi connectivity index (χ1) is 31.9. The summed E-state index contributed by atoms with van der Waals surface area (Å²) in [6.45, 7) is 5.00.